The first-order chi connectivity index (χ1) is 8.29. The van der Waals surface area contributed by atoms with Gasteiger partial charge in [-0.15, -0.1) is 0 Å². The molecule has 0 aliphatic heterocycles. The summed E-state index contributed by atoms with van der Waals surface area (Å²) in [5.41, 5.74) is 1.78. The first-order valence-corrected chi connectivity index (χ1v) is 5.35. The largest absolute Gasteiger partial charge is 0.440 e. The van der Waals surface area contributed by atoms with Crippen LogP contribution in [0.3, 0.4) is 0 Å². The number of nitrogens with one attached hydrogen (secondary N) is 1. The Kier molecular flexibility index (Phi) is 4.58. The van der Waals surface area contributed by atoms with Gasteiger partial charge in [-0.1, -0.05) is 24.3 Å². The van der Waals surface area contributed by atoms with E-state index in [2.05, 4.69) is 10.1 Å². The summed E-state index contributed by atoms with van der Waals surface area (Å²) in [4.78, 5) is 11.2. The zero-order valence-corrected chi connectivity index (χ0v) is 10.0. The molecule has 1 aromatic rings. The van der Waals surface area contributed by atoms with Crippen LogP contribution in [0.1, 0.15) is 24.1 Å². The number of ether oxygens (including phenoxy) is 1. The van der Waals surface area contributed by atoms with E-state index in [4.69, 9.17) is 0 Å². The summed E-state index contributed by atoms with van der Waals surface area (Å²) < 4.78 is 39.6. The average molecular weight is 261 g/mol. The van der Waals surface area contributed by atoms with E-state index in [0.29, 0.717) is 0 Å². The lowest BCUT2D eigenvalue weighted by molar-refractivity contribution is -0.160. The van der Waals surface area contributed by atoms with Gasteiger partial charge in [0.05, 0.1) is 6.04 Å². The number of rotatable bonds is 3. The van der Waals surface area contributed by atoms with Crippen LogP contribution in [0.2, 0.25) is 0 Å². The Morgan fingerprint density at radius 2 is 2.00 bits per heavy atom. The molecule has 0 aromatic heterocycles. The molecule has 0 saturated heterocycles. The van der Waals surface area contributed by atoms with Gasteiger partial charge in [0.25, 0.3) is 0 Å². The van der Waals surface area contributed by atoms with Gasteiger partial charge >= 0.3 is 12.3 Å². The van der Waals surface area contributed by atoms with Crippen LogP contribution in [-0.4, -0.2) is 18.9 Å². The molecule has 0 unspecified atom stereocenters. The third-order valence-corrected chi connectivity index (χ3v) is 2.36. The second-order valence-electron chi connectivity index (χ2n) is 3.91. The summed E-state index contributed by atoms with van der Waals surface area (Å²) in [6, 6.07) is 6.88. The first kappa shape index (κ1) is 14.3. The maximum Gasteiger partial charge on any atom is 0.422 e. The number of benzene rings is 1. The molecule has 100 valence electrons. The van der Waals surface area contributed by atoms with E-state index in [-0.39, 0.29) is 0 Å². The van der Waals surface area contributed by atoms with Crippen molar-refractivity contribution in [2.45, 2.75) is 26.1 Å². The maximum absolute atomic E-state index is 11.8. The predicted molar refractivity (Wildman–Crippen MR) is 60.1 cm³/mol. The van der Waals surface area contributed by atoms with Crippen molar-refractivity contribution in [3.63, 3.8) is 0 Å². The number of carbonyl (C=O) groups is 1. The molecule has 0 radical (unpaired) electrons. The highest BCUT2D eigenvalue weighted by Gasteiger charge is 2.29. The molecule has 1 rings (SSSR count). The highest BCUT2D eigenvalue weighted by atomic mass is 19.4. The normalized spacial score (nSPS) is 12.9. The van der Waals surface area contributed by atoms with Gasteiger partial charge in [0.15, 0.2) is 6.61 Å². The Bertz CT molecular complexity index is 418. The molecular formula is C12H14F3NO2. The Balaban J connectivity index is 2.53. The van der Waals surface area contributed by atoms with Crippen LogP contribution in [0.25, 0.3) is 0 Å². The summed E-state index contributed by atoms with van der Waals surface area (Å²) in [5.74, 6) is 0. The summed E-state index contributed by atoms with van der Waals surface area (Å²) in [6.07, 6.45) is -5.59. The monoisotopic (exact) mass is 261 g/mol. The third kappa shape index (κ3) is 4.65. The van der Waals surface area contributed by atoms with Crippen molar-refractivity contribution in [3.8, 4) is 0 Å². The zero-order valence-electron chi connectivity index (χ0n) is 10.0. The minimum absolute atomic E-state index is 0.410. The number of carbonyl (C=O) groups excluding carboxylic acids is 1. The zero-order chi connectivity index (χ0) is 13.8. The van der Waals surface area contributed by atoms with Gasteiger partial charge in [-0.05, 0) is 25.0 Å². The molecule has 0 saturated carbocycles. The van der Waals surface area contributed by atoms with Crippen molar-refractivity contribution in [1.29, 1.82) is 0 Å². The molecule has 1 atom stereocenters. The summed E-state index contributed by atoms with van der Waals surface area (Å²) in [5, 5.41) is 2.35. The number of alkyl halides is 3. The van der Waals surface area contributed by atoms with Gasteiger partial charge in [-0.3, -0.25) is 0 Å². The minimum Gasteiger partial charge on any atom is -0.440 e. The highest BCUT2D eigenvalue weighted by molar-refractivity contribution is 5.68. The van der Waals surface area contributed by atoms with Crippen molar-refractivity contribution in [2.24, 2.45) is 0 Å². The van der Waals surface area contributed by atoms with Gasteiger partial charge in [-0.25, -0.2) is 4.79 Å². The Morgan fingerprint density at radius 3 is 2.56 bits per heavy atom. The number of alkyl carbamates (subject to hydrolysis) is 1. The number of aryl methyl sites for hydroxylation is 1. The van der Waals surface area contributed by atoms with E-state index in [1.54, 1.807) is 19.1 Å². The predicted octanol–water partition coefficient (Wildman–Crippen LogP) is 3.34. The van der Waals surface area contributed by atoms with Crippen molar-refractivity contribution >= 4 is 6.09 Å². The molecule has 1 amide bonds. The standard InChI is InChI=1S/C12H14F3NO2/c1-8-5-3-4-6-10(8)9(2)16-11(17)18-7-12(13,14)15/h3-6,9H,7H2,1-2H3,(H,16,17)/t9-/m0/s1. The molecule has 0 aliphatic rings. The average Bonchev–Trinajstić information content (AvgIpc) is 2.26. The summed E-state index contributed by atoms with van der Waals surface area (Å²) in [6.45, 7) is 1.95. The molecule has 0 bridgehead atoms. The van der Waals surface area contributed by atoms with E-state index in [1.165, 1.54) is 0 Å². The van der Waals surface area contributed by atoms with Crippen LogP contribution in [-0.2, 0) is 4.74 Å². The van der Waals surface area contributed by atoms with Crippen LogP contribution in [0.4, 0.5) is 18.0 Å². The molecule has 0 fully saturated rings. The lowest BCUT2D eigenvalue weighted by atomic mass is 10.0. The Labute approximate surface area is 103 Å². The van der Waals surface area contributed by atoms with E-state index in [9.17, 15) is 18.0 Å². The molecule has 3 nitrogen and oxygen atoms in total. The number of halogens is 3. The van der Waals surface area contributed by atoms with Gasteiger partial charge in [0, 0.05) is 0 Å². The fourth-order valence-corrected chi connectivity index (χ4v) is 1.52. The van der Waals surface area contributed by atoms with Crippen molar-refractivity contribution < 1.29 is 22.7 Å². The van der Waals surface area contributed by atoms with Crippen LogP contribution >= 0.6 is 0 Å². The molecule has 1 N–H and O–H groups in total. The Hall–Kier alpha value is -1.72. The number of hydrogen-bond donors (Lipinski definition) is 1. The SMILES string of the molecule is Cc1ccccc1[C@H](C)NC(=O)OCC(F)(F)F. The lowest BCUT2D eigenvalue weighted by Gasteiger charge is -2.16. The number of amides is 1. The van der Waals surface area contributed by atoms with Gasteiger partial charge in [0.2, 0.25) is 0 Å². The summed E-state index contributed by atoms with van der Waals surface area (Å²) in [7, 11) is 0. The smallest absolute Gasteiger partial charge is 0.422 e. The van der Waals surface area contributed by atoms with Crippen LogP contribution in [0.5, 0.6) is 0 Å². The van der Waals surface area contributed by atoms with E-state index >= 15 is 0 Å². The minimum atomic E-state index is -4.51. The topological polar surface area (TPSA) is 38.3 Å². The molecule has 0 aliphatic carbocycles. The van der Waals surface area contributed by atoms with Gasteiger partial charge in [0.1, 0.15) is 0 Å². The molecule has 0 spiro atoms. The van der Waals surface area contributed by atoms with E-state index in [0.717, 1.165) is 11.1 Å². The lowest BCUT2D eigenvalue weighted by Crippen LogP contribution is -2.31. The molecule has 18 heavy (non-hydrogen) atoms. The molecule has 0 heterocycles. The number of hydrogen-bond acceptors (Lipinski definition) is 2. The first-order valence-electron chi connectivity index (χ1n) is 5.35. The summed E-state index contributed by atoms with van der Waals surface area (Å²) >= 11 is 0. The van der Waals surface area contributed by atoms with Crippen molar-refractivity contribution in [3.05, 3.63) is 35.4 Å². The molecule has 1 aromatic carbocycles. The highest BCUT2D eigenvalue weighted by Crippen LogP contribution is 2.18. The van der Waals surface area contributed by atoms with Gasteiger partial charge < -0.3 is 10.1 Å². The molecular weight excluding hydrogens is 247 g/mol. The second kappa shape index (κ2) is 5.75. The maximum atomic E-state index is 11.8. The van der Waals surface area contributed by atoms with Crippen molar-refractivity contribution in [1.82, 2.24) is 5.32 Å². The van der Waals surface area contributed by atoms with Crippen LogP contribution in [0.15, 0.2) is 24.3 Å². The van der Waals surface area contributed by atoms with Crippen LogP contribution < -0.4 is 5.32 Å². The van der Waals surface area contributed by atoms with Gasteiger partial charge in [-0.2, -0.15) is 13.2 Å². The van der Waals surface area contributed by atoms with E-state index < -0.39 is 24.9 Å². The fraction of sp³-hybridized carbons (Fsp3) is 0.417. The third-order valence-electron chi connectivity index (χ3n) is 2.36. The van der Waals surface area contributed by atoms with Crippen LogP contribution in [0, 0.1) is 6.92 Å². The Morgan fingerprint density at radius 1 is 1.39 bits per heavy atom. The van der Waals surface area contributed by atoms with E-state index in [1.807, 2.05) is 19.1 Å². The quantitative estimate of drug-likeness (QED) is 0.906. The fourth-order valence-electron chi connectivity index (χ4n) is 1.52. The van der Waals surface area contributed by atoms with Crippen molar-refractivity contribution in [2.75, 3.05) is 6.61 Å². The molecule has 6 heteroatoms. The second-order valence-corrected chi connectivity index (χ2v) is 3.91.